The van der Waals surface area contributed by atoms with Gasteiger partial charge in [-0.15, -0.1) is 10.2 Å². The molecular formula is C15H10Cl2N6O2. The molecule has 126 valence electrons. The van der Waals surface area contributed by atoms with Crippen LogP contribution < -0.4 is 10.3 Å². The first-order valence-electron chi connectivity index (χ1n) is 6.97. The highest BCUT2D eigenvalue weighted by atomic mass is 35.5. The minimum atomic E-state index is -0.543. The Morgan fingerprint density at radius 2 is 1.84 bits per heavy atom. The Morgan fingerprint density at radius 3 is 2.48 bits per heavy atom. The van der Waals surface area contributed by atoms with Crippen molar-refractivity contribution < 1.29 is 5.03 Å². The Hall–Kier alpha value is -2.97. The van der Waals surface area contributed by atoms with E-state index >= 15 is 0 Å². The summed E-state index contributed by atoms with van der Waals surface area (Å²) in [7, 11) is 0. The number of hydrogen-bond donors (Lipinski definition) is 1. The van der Waals surface area contributed by atoms with E-state index in [0.717, 1.165) is 5.01 Å². The number of hydrazine groups is 1. The minimum absolute atomic E-state index is 0.126. The van der Waals surface area contributed by atoms with Crippen molar-refractivity contribution in [2.24, 2.45) is 0 Å². The fourth-order valence-electron chi connectivity index (χ4n) is 2.16. The van der Waals surface area contributed by atoms with Gasteiger partial charge in [-0.05, 0) is 29.5 Å². The number of nitrogens with one attached hydrogen (secondary N) is 1. The summed E-state index contributed by atoms with van der Waals surface area (Å²) in [5, 5.41) is 26.2. The van der Waals surface area contributed by atoms with E-state index in [-0.39, 0.29) is 21.4 Å². The van der Waals surface area contributed by atoms with Crippen LogP contribution in [0, 0.1) is 10.1 Å². The third-order valence-corrected chi connectivity index (χ3v) is 4.03. The van der Waals surface area contributed by atoms with Crippen molar-refractivity contribution in [3.8, 4) is 0 Å². The number of nitro groups is 1. The van der Waals surface area contributed by atoms with Crippen LogP contribution in [0.5, 0.6) is 0 Å². The Labute approximate surface area is 152 Å². The van der Waals surface area contributed by atoms with Crippen LogP contribution in [0.2, 0.25) is 10.0 Å². The maximum atomic E-state index is 11.7. The molecule has 0 spiro atoms. The highest BCUT2D eigenvalue weighted by molar-refractivity contribution is 6.44. The van der Waals surface area contributed by atoms with Gasteiger partial charge in [0, 0.05) is 6.07 Å². The number of nitrogens with zero attached hydrogens (tertiary/aromatic N) is 5. The predicted molar refractivity (Wildman–Crippen MR) is 95.1 cm³/mol. The molecule has 1 N–H and O–H groups in total. The number of rotatable bonds is 5. The molecule has 0 aliphatic heterocycles. The molecule has 0 aliphatic rings. The molecule has 0 radical (unpaired) electrons. The highest BCUT2D eigenvalue weighted by Crippen LogP contribution is 2.41. The quantitative estimate of drug-likeness (QED) is 0.524. The first-order chi connectivity index (χ1) is 12.1. The SMILES string of the molecule is O=[N+]([O-])N(c1ccccc1)c1ccc(Cl)c(Cl)c1Nc1ccnnn1. The summed E-state index contributed by atoms with van der Waals surface area (Å²) in [5.74, 6) is 0.316. The first kappa shape index (κ1) is 16.9. The summed E-state index contributed by atoms with van der Waals surface area (Å²) in [6.45, 7) is 0. The lowest BCUT2D eigenvalue weighted by atomic mass is 10.2. The van der Waals surface area contributed by atoms with Crippen molar-refractivity contribution >= 4 is 46.1 Å². The number of para-hydroxylation sites is 1. The molecule has 1 heterocycles. The van der Waals surface area contributed by atoms with Crippen molar-refractivity contribution in [1.29, 1.82) is 0 Å². The van der Waals surface area contributed by atoms with E-state index < -0.39 is 5.03 Å². The monoisotopic (exact) mass is 376 g/mol. The zero-order chi connectivity index (χ0) is 17.8. The number of halogens is 2. The molecule has 2 aromatic carbocycles. The summed E-state index contributed by atoms with van der Waals surface area (Å²) in [6.07, 6.45) is 1.43. The second-order valence-corrected chi connectivity index (χ2v) is 5.56. The van der Waals surface area contributed by atoms with Crippen LogP contribution in [0.1, 0.15) is 0 Å². The Morgan fingerprint density at radius 1 is 1.08 bits per heavy atom. The van der Waals surface area contributed by atoms with E-state index in [1.54, 1.807) is 36.4 Å². The minimum Gasteiger partial charge on any atom is -0.335 e. The van der Waals surface area contributed by atoms with Crippen LogP contribution >= 0.6 is 23.2 Å². The Kier molecular flexibility index (Phi) is 4.92. The first-order valence-corrected chi connectivity index (χ1v) is 7.72. The molecule has 0 saturated heterocycles. The van der Waals surface area contributed by atoms with E-state index in [1.165, 1.54) is 18.3 Å². The lowest BCUT2D eigenvalue weighted by molar-refractivity contribution is -0.483. The van der Waals surface area contributed by atoms with Gasteiger partial charge in [0.1, 0.15) is 11.4 Å². The van der Waals surface area contributed by atoms with Gasteiger partial charge >= 0.3 is 0 Å². The van der Waals surface area contributed by atoms with Crippen LogP contribution in [0.3, 0.4) is 0 Å². The summed E-state index contributed by atoms with van der Waals surface area (Å²) in [6, 6.07) is 12.9. The van der Waals surface area contributed by atoms with Gasteiger partial charge in [-0.2, -0.15) is 0 Å². The second kappa shape index (κ2) is 7.29. The zero-order valence-corrected chi connectivity index (χ0v) is 14.0. The van der Waals surface area contributed by atoms with Crippen LogP contribution in [-0.4, -0.2) is 20.4 Å². The molecule has 8 nitrogen and oxygen atoms in total. The van der Waals surface area contributed by atoms with Crippen molar-refractivity contribution in [2.45, 2.75) is 0 Å². The molecule has 0 aliphatic carbocycles. The van der Waals surface area contributed by atoms with Gasteiger partial charge in [0.25, 0.3) is 0 Å². The Balaban J connectivity index is 2.14. The van der Waals surface area contributed by atoms with E-state index in [0.29, 0.717) is 11.5 Å². The Bertz CT molecular complexity index is 895. The third-order valence-electron chi connectivity index (χ3n) is 3.22. The number of aromatic nitrogens is 3. The fourth-order valence-corrected chi connectivity index (χ4v) is 2.53. The smallest absolute Gasteiger partial charge is 0.170 e. The second-order valence-electron chi connectivity index (χ2n) is 4.77. The fraction of sp³-hybridized carbons (Fsp3) is 0. The third kappa shape index (κ3) is 3.59. The molecule has 0 bridgehead atoms. The number of anilines is 4. The summed E-state index contributed by atoms with van der Waals surface area (Å²) >= 11 is 12.4. The van der Waals surface area contributed by atoms with Crippen molar-refractivity contribution in [3.63, 3.8) is 0 Å². The lowest BCUT2D eigenvalue weighted by Crippen LogP contribution is -2.25. The molecule has 3 rings (SSSR count). The molecule has 0 saturated carbocycles. The molecule has 0 atom stereocenters. The maximum Gasteiger partial charge on any atom is 0.170 e. The standard InChI is InChI=1S/C15H10Cl2N6O2/c16-11-6-7-12(22(23(24)25)10-4-2-1-3-5-10)15(14(11)17)19-13-8-9-18-21-20-13/h1-9H,(H,18,19,20). The van der Waals surface area contributed by atoms with Gasteiger partial charge in [-0.3, -0.25) is 0 Å². The average Bonchev–Trinajstić information content (AvgIpc) is 2.62. The maximum absolute atomic E-state index is 11.7. The molecular weight excluding hydrogens is 367 g/mol. The van der Waals surface area contributed by atoms with E-state index in [4.69, 9.17) is 23.2 Å². The number of benzene rings is 2. The zero-order valence-electron chi connectivity index (χ0n) is 12.5. The molecule has 0 amide bonds. The largest absolute Gasteiger partial charge is 0.335 e. The van der Waals surface area contributed by atoms with Gasteiger partial charge in [-0.1, -0.05) is 46.4 Å². The van der Waals surface area contributed by atoms with Crippen molar-refractivity contribution in [2.75, 3.05) is 10.3 Å². The van der Waals surface area contributed by atoms with Crippen molar-refractivity contribution in [3.05, 3.63) is 74.9 Å². The van der Waals surface area contributed by atoms with Crippen LogP contribution in [0.15, 0.2) is 54.7 Å². The van der Waals surface area contributed by atoms with Gasteiger partial charge in [0.2, 0.25) is 0 Å². The predicted octanol–water partition coefficient (Wildman–Crippen LogP) is 4.25. The molecule has 3 aromatic rings. The van der Waals surface area contributed by atoms with E-state index in [9.17, 15) is 10.1 Å². The number of hydrogen-bond acceptors (Lipinski definition) is 6. The van der Waals surface area contributed by atoms with Crippen molar-refractivity contribution in [1.82, 2.24) is 15.4 Å². The molecule has 1 aromatic heterocycles. The van der Waals surface area contributed by atoms with Crippen LogP contribution in [0.4, 0.5) is 22.9 Å². The van der Waals surface area contributed by atoms with Gasteiger partial charge in [0.05, 0.1) is 21.9 Å². The van der Waals surface area contributed by atoms with Crippen LogP contribution in [0.25, 0.3) is 0 Å². The molecule has 0 fully saturated rings. The lowest BCUT2D eigenvalue weighted by Gasteiger charge is -2.19. The average molecular weight is 377 g/mol. The summed E-state index contributed by atoms with van der Waals surface area (Å²) < 4.78 is 0. The molecule has 0 unspecified atom stereocenters. The highest BCUT2D eigenvalue weighted by Gasteiger charge is 2.26. The molecule has 25 heavy (non-hydrogen) atoms. The summed E-state index contributed by atoms with van der Waals surface area (Å²) in [5.41, 5.74) is 0.786. The molecule has 10 heteroatoms. The van der Waals surface area contributed by atoms with Crippen LogP contribution in [-0.2, 0) is 0 Å². The topological polar surface area (TPSA) is 97.1 Å². The van der Waals surface area contributed by atoms with Gasteiger partial charge in [0.15, 0.2) is 10.9 Å². The van der Waals surface area contributed by atoms with Gasteiger partial charge < -0.3 is 5.32 Å². The normalized spacial score (nSPS) is 10.3. The van der Waals surface area contributed by atoms with E-state index in [2.05, 4.69) is 20.7 Å². The van der Waals surface area contributed by atoms with Gasteiger partial charge in [-0.25, -0.2) is 10.1 Å². The summed E-state index contributed by atoms with van der Waals surface area (Å²) in [4.78, 5) is 11.7. The van der Waals surface area contributed by atoms with E-state index in [1.807, 2.05) is 0 Å².